The highest BCUT2D eigenvalue weighted by molar-refractivity contribution is 6.02. The molecule has 0 saturated heterocycles. The Morgan fingerprint density at radius 3 is 2.73 bits per heavy atom. The van der Waals surface area contributed by atoms with Gasteiger partial charge in [-0.05, 0) is 48.5 Å². The zero-order chi connectivity index (χ0) is 22.6. The predicted molar refractivity (Wildman–Crippen MR) is 125 cm³/mol. The summed E-state index contributed by atoms with van der Waals surface area (Å²) >= 11 is 0. The standard InChI is InChI=1S/C24H21N7O2/c1-33-19-9-7-17(8-10-19)28-23(32)21-15-30(16-27-21)24-29-20(22-6-2-3-12-31(22)24)14-26-18-5-4-11-25-13-18/h2-13,15-16,26H,14H2,1H3,(H,28,32). The van der Waals surface area contributed by atoms with Gasteiger partial charge in [-0.25, -0.2) is 9.97 Å². The molecule has 0 fully saturated rings. The van der Waals surface area contributed by atoms with Crippen molar-refractivity contribution in [2.75, 3.05) is 17.7 Å². The number of anilines is 2. The van der Waals surface area contributed by atoms with E-state index in [1.54, 1.807) is 60.9 Å². The first-order valence-corrected chi connectivity index (χ1v) is 10.3. The molecule has 1 amide bonds. The Hall–Kier alpha value is -4.66. The second-order valence-corrected chi connectivity index (χ2v) is 7.26. The Labute approximate surface area is 189 Å². The molecule has 0 unspecified atom stereocenters. The molecule has 0 saturated carbocycles. The fourth-order valence-corrected chi connectivity index (χ4v) is 3.47. The van der Waals surface area contributed by atoms with Crippen molar-refractivity contribution in [3.05, 3.63) is 97.1 Å². The number of hydrogen-bond donors (Lipinski definition) is 2. The molecule has 1 aromatic carbocycles. The molecule has 9 nitrogen and oxygen atoms in total. The highest BCUT2D eigenvalue weighted by atomic mass is 16.5. The first-order chi connectivity index (χ1) is 16.2. The van der Waals surface area contributed by atoms with Crippen molar-refractivity contribution in [3.8, 4) is 11.7 Å². The Kier molecular flexibility index (Phi) is 5.42. The smallest absolute Gasteiger partial charge is 0.275 e. The number of carbonyl (C=O) groups is 1. The molecule has 5 rings (SSSR count). The van der Waals surface area contributed by atoms with Crippen LogP contribution in [0.15, 0.2) is 85.7 Å². The lowest BCUT2D eigenvalue weighted by atomic mass is 10.3. The molecule has 5 aromatic rings. The molecular weight excluding hydrogens is 418 g/mol. The van der Waals surface area contributed by atoms with Gasteiger partial charge >= 0.3 is 0 Å². The molecule has 33 heavy (non-hydrogen) atoms. The second kappa shape index (κ2) is 8.83. The van der Waals surface area contributed by atoms with Crippen molar-refractivity contribution in [2.45, 2.75) is 6.54 Å². The van der Waals surface area contributed by atoms with Gasteiger partial charge in [0, 0.05) is 30.5 Å². The minimum Gasteiger partial charge on any atom is -0.497 e. The molecule has 0 aliphatic carbocycles. The second-order valence-electron chi connectivity index (χ2n) is 7.26. The number of aromatic nitrogens is 5. The number of pyridine rings is 2. The van der Waals surface area contributed by atoms with E-state index in [9.17, 15) is 4.79 Å². The maximum Gasteiger partial charge on any atom is 0.275 e. The molecule has 0 bridgehead atoms. The summed E-state index contributed by atoms with van der Waals surface area (Å²) in [5, 5.41) is 6.18. The van der Waals surface area contributed by atoms with E-state index < -0.39 is 0 Å². The van der Waals surface area contributed by atoms with Crippen molar-refractivity contribution in [3.63, 3.8) is 0 Å². The van der Waals surface area contributed by atoms with Gasteiger partial charge in [-0.1, -0.05) is 6.07 Å². The summed E-state index contributed by atoms with van der Waals surface area (Å²) < 4.78 is 8.85. The number of carbonyl (C=O) groups excluding carboxylic acids is 1. The lowest BCUT2D eigenvalue weighted by Crippen LogP contribution is -2.12. The molecule has 4 aromatic heterocycles. The van der Waals surface area contributed by atoms with Gasteiger partial charge in [-0.15, -0.1) is 0 Å². The normalized spacial score (nSPS) is 10.8. The molecule has 2 N–H and O–H groups in total. The van der Waals surface area contributed by atoms with Crippen LogP contribution in [-0.4, -0.2) is 36.9 Å². The van der Waals surface area contributed by atoms with Crippen LogP contribution in [0.25, 0.3) is 11.5 Å². The number of amides is 1. The van der Waals surface area contributed by atoms with E-state index in [1.807, 2.05) is 40.9 Å². The van der Waals surface area contributed by atoms with Gasteiger partial charge in [0.15, 0.2) is 0 Å². The van der Waals surface area contributed by atoms with Crippen molar-refractivity contribution in [1.82, 2.24) is 23.9 Å². The van der Waals surface area contributed by atoms with Crippen LogP contribution in [0, 0.1) is 0 Å². The van der Waals surface area contributed by atoms with Crippen LogP contribution in [0.1, 0.15) is 16.2 Å². The third-order valence-electron chi connectivity index (χ3n) is 5.12. The summed E-state index contributed by atoms with van der Waals surface area (Å²) in [4.78, 5) is 25.9. The summed E-state index contributed by atoms with van der Waals surface area (Å²) in [7, 11) is 1.60. The summed E-state index contributed by atoms with van der Waals surface area (Å²) in [5.74, 6) is 1.06. The van der Waals surface area contributed by atoms with E-state index in [0.29, 0.717) is 18.2 Å². The summed E-state index contributed by atoms with van der Waals surface area (Å²) in [6.45, 7) is 0.527. The van der Waals surface area contributed by atoms with Gasteiger partial charge in [-0.2, -0.15) is 0 Å². The molecule has 0 spiro atoms. The molecule has 0 aliphatic rings. The van der Waals surface area contributed by atoms with Crippen molar-refractivity contribution >= 4 is 22.8 Å². The number of imidazole rings is 2. The highest BCUT2D eigenvalue weighted by Gasteiger charge is 2.15. The van der Waals surface area contributed by atoms with Crippen LogP contribution in [-0.2, 0) is 6.54 Å². The Morgan fingerprint density at radius 2 is 1.94 bits per heavy atom. The molecule has 0 radical (unpaired) electrons. The number of rotatable bonds is 7. The Morgan fingerprint density at radius 1 is 1.06 bits per heavy atom. The minimum absolute atomic E-state index is 0.286. The number of benzene rings is 1. The predicted octanol–water partition coefficient (Wildman–Crippen LogP) is 3.79. The molecule has 9 heteroatoms. The number of fused-ring (bicyclic) bond motifs is 1. The Balaban J connectivity index is 1.38. The average molecular weight is 439 g/mol. The van der Waals surface area contributed by atoms with E-state index in [1.165, 1.54) is 0 Å². The monoisotopic (exact) mass is 439 g/mol. The summed E-state index contributed by atoms with van der Waals surface area (Å²) in [5.41, 5.74) is 3.68. The molecular formula is C24H21N7O2. The van der Waals surface area contributed by atoms with E-state index in [0.717, 1.165) is 22.6 Å². The van der Waals surface area contributed by atoms with Crippen LogP contribution in [0.5, 0.6) is 5.75 Å². The van der Waals surface area contributed by atoms with E-state index >= 15 is 0 Å². The number of nitrogens with zero attached hydrogens (tertiary/aromatic N) is 5. The fourth-order valence-electron chi connectivity index (χ4n) is 3.47. The van der Waals surface area contributed by atoms with Gasteiger partial charge in [0.1, 0.15) is 17.8 Å². The third kappa shape index (κ3) is 4.24. The third-order valence-corrected chi connectivity index (χ3v) is 5.12. The van der Waals surface area contributed by atoms with Gasteiger partial charge in [-0.3, -0.25) is 18.7 Å². The summed E-state index contributed by atoms with van der Waals surface area (Å²) in [6, 6.07) is 16.9. The van der Waals surface area contributed by atoms with Crippen molar-refractivity contribution < 1.29 is 9.53 Å². The minimum atomic E-state index is -0.307. The largest absolute Gasteiger partial charge is 0.497 e. The lowest BCUT2D eigenvalue weighted by Gasteiger charge is -2.04. The number of hydrogen-bond acceptors (Lipinski definition) is 6. The van der Waals surface area contributed by atoms with Crippen LogP contribution in [0.4, 0.5) is 11.4 Å². The van der Waals surface area contributed by atoms with Crippen molar-refractivity contribution in [1.29, 1.82) is 0 Å². The zero-order valence-electron chi connectivity index (χ0n) is 17.8. The van der Waals surface area contributed by atoms with E-state index in [4.69, 9.17) is 9.72 Å². The lowest BCUT2D eigenvalue weighted by molar-refractivity contribution is 0.102. The maximum atomic E-state index is 12.7. The molecule has 164 valence electrons. The van der Waals surface area contributed by atoms with Gasteiger partial charge < -0.3 is 15.4 Å². The first-order valence-electron chi connectivity index (χ1n) is 10.3. The number of nitrogens with one attached hydrogen (secondary N) is 2. The van der Waals surface area contributed by atoms with Crippen molar-refractivity contribution in [2.24, 2.45) is 0 Å². The quantitative estimate of drug-likeness (QED) is 0.400. The summed E-state index contributed by atoms with van der Waals surface area (Å²) in [6.07, 6.45) is 8.68. The van der Waals surface area contributed by atoms with Gasteiger partial charge in [0.05, 0.1) is 30.6 Å². The molecule has 0 atom stereocenters. The topological polar surface area (TPSA) is 98.4 Å². The fraction of sp³-hybridized carbons (Fsp3) is 0.0833. The zero-order valence-corrected chi connectivity index (χ0v) is 17.8. The SMILES string of the molecule is COc1ccc(NC(=O)c2cn(-c3nc(CNc4cccnc4)c4ccccn34)cn2)cc1. The van der Waals surface area contributed by atoms with E-state index in [2.05, 4.69) is 20.6 Å². The van der Waals surface area contributed by atoms with Crippen LogP contribution in [0.2, 0.25) is 0 Å². The van der Waals surface area contributed by atoms with Crippen LogP contribution in [0.3, 0.4) is 0 Å². The number of ether oxygens (including phenoxy) is 1. The maximum absolute atomic E-state index is 12.7. The average Bonchev–Trinajstić information content (AvgIpc) is 3.49. The number of methoxy groups -OCH3 is 1. The molecule has 4 heterocycles. The molecule has 0 aliphatic heterocycles. The van der Waals surface area contributed by atoms with E-state index in [-0.39, 0.29) is 11.6 Å². The first kappa shape index (κ1) is 20.3. The van der Waals surface area contributed by atoms with Crippen LogP contribution >= 0.6 is 0 Å². The van der Waals surface area contributed by atoms with Gasteiger partial charge in [0.2, 0.25) is 5.95 Å². The Bertz CT molecular complexity index is 1390. The van der Waals surface area contributed by atoms with Gasteiger partial charge in [0.25, 0.3) is 5.91 Å². The highest BCUT2D eigenvalue weighted by Crippen LogP contribution is 2.19. The van der Waals surface area contributed by atoms with Crippen LogP contribution < -0.4 is 15.4 Å².